The van der Waals surface area contributed by atoms with Crippen molar-refractivity contribution in [3.63, 3.8) is 0 Å². The first kappa shape index (κ1) is 15.9. The molecule has 0 unspecified atom stereocenters. The number of H-pyrrole nitrogens is 1. The molecule has 2 aromatic rings. The molecule has 0 radical (unpaired) electrons. The van der Waals surface area contributed by atoms with Gasteiger partial charge in [-0.1, -0.05) is 26.8 Å². The number of aromatic nitrogens is 2. The summed E-state index contributed by atoms with van der Waals surface area (Å²) in [7, 11) is 0. The first-order chi connectivity index (χ1) is 11.8. The van der Waals surface area contributed by atoms with Crippen LogP contribution in [0.3, 0.4) is 0 Å². The second-order valence-electron chi connectivity index (χ2n) is 8.03. The average molecular weight is 341 g/mol. The minimum atomic E-state index is -0.478. The van der Waals surface area contributed by atoms with Crippen molar-refractivity contribution in [1.82, 2.24) is 14.9 Å². The van der Waals surface area contributed by atoms with E-state index >= 15 is 0 Å². The SMILES string of the molecule is CC(C)(C)C(=O)N1C[C@@H]2C[C@H]1CN2c1nc2c(C(N)=O)cccc2[nH]1. The molecule has 2 aliphatic heterocycles. The molecule has 3 N–H and O–H groups in total. The summed E-state index contributed by atoms with van der Waals surface area (Å²) in [5.74, 6) is 0.480. The van der Waals surface area contributed by atoms with Gasteiger partial charge in [-0.3, -0.25) is 9.59 Å². The topological polar surface area (TPSA) is 95.3 Å². The Labute approximate surface area is 146 Å². The van der Waals surface area contributed by atoms with E-state index in [1.54, 1.807) is 12.1 Å². The third-order valence-electron chi connectivity index (χ3n) is 5.18. The lowest BCUT2D eigenvalue weighted by molar-refractivity contribution is -0.140. The summed E-state index contributed by atoms with van der Waals surface area (Å²) in [6.07, 6.45) is 0.960. The van der Waals surface area contributed by atoms with Crippen LogP contribution >= 0.6 is 0 Å². The van der Waals surface area contributed by atoms with Crippen LogP contribution in [0, 0.1) is 5.41 Å². The number of primary amides is 1. The van der Waals surface area contributed by atoms with Crippen LogP contribution in [0.15, 0.2) is 18.2 Å². The monoisotopic (exact) mass is 341 g/mol. The number of benzene rings is 1. The predicted molar refractivity (Wildman–Crippen MR) is 95.3 cm³/mol. The zero-order valence-electron chi connectivity index (χ0n) is 14.7. The molecule has 2 atom stereocenters. The molecule has 0 saturated carbocycles. The Morgan fingerprint density at radius 1 is 1.24 bits per heavy atom. The molecule has 4 rings (SSSR count). The molecule has 2 aliphatic rings. The fourth-order valence-corrected chi connectivity index (χ4v) is 3.96. The standard InChI is InChI=1S/C18H23N5O2/c1-18(2,3)16(25)22-8-11-7-10(22)9-23(11)17-20-13-6-4-5-12(15(19)24)14(13)21-17/h4-6,10-11H,7-9H2,1-3H3,(H2,19,24)(H,20,21)/t10-,11-/m0/s1. The zero-order chi connectivity index (χ0) is 17.9. The van der Waals surface area contributed by atoms with Crippen LogP contribution in [0.4, 0.5) is 5.95 Å². The Hall–Kier alpha value is -2.57. The predicted octanol–water partition coefficient (Wildman–Crippen LogP) is 1.50. The quantitative estimate of drug-likeness (QED) is 0.865. The number of aromatic amines is 1. The maximum absolute atomic E-state index is 12.6. The summed E-state index contributed by atoms with van der Waals surface area (Å²) in [5, 5.41) is 0. The molecular formula is C18H23N5O2. The molecule has 0 spiro atoms. The molecular weight excluding hydrogens is 318 g/mol. The number of carbonyl (C=O) groups excluding carboxylic acids is 2. The van der Waals surface area contributed by atoms with Crippen LogP contribution in [-0.2, 0) is 4.79 Å². The van der Waals surface area contributed by atoms with Crippen molar-refractivity contribution in [3.8, 4) is 0 Å². The van der Waals surface area contributed by atoms with Crippen molar-refractivity contribution in [2.75, 3.05) is 18.0 Å². The lowest BCUT2D eigenvalue weighted by Gasteiger charge is -2.37. The number of piperazine rings is 1. The van der Waals surface area contributed by atoms with E-state index in [4.69, 9.17) is 5.73 Å². The molecule has 2 fully saturated rings. The third-order valence-corrected chi connectivity index (χ3v) is 5.18. The number of anilines is 1. The molecule has 7 nitrogen and oxygen atoms in total. The van der Waals surface area contributed by atoms with Gasteiger partial charge >= 0.3 is 0 Å². The number of nitrogens with two attached hydrogens (primary N) is 1. The largest absolute Gasteiger partial charge is 0.366 e. The van der Waals surface area contributed by atoms with Crippen molar-refractivity contribution in [2.45, 2.75) is 39.3 Å². The summed E-state index contributed by atoms with van der Waals surface area (Å²) in [4.78, 5) is 36.3. The summed E-state index contributed by atoms with van der Waals surface area (Å²) >= 11 is 0. The number of imidazole rings is 1. The number of carbonyl (C=O) groups is 2. The van der Waals surface area contributed by atoms with Gasteiger partial charge in [0.05, 0.1) is 23.2 Å². The second-order valence-corrected chi connectivity index (χ2v) is 8.03. The van der Waals surface area contributed by atoms with Crippen LogP contribution in [0.5, 0.6) is 0 Å². The van der Waals surface area contributed by atoms with Gasteiger partial charge in [0.2, 0.25) is 11.9 Å². The summed E-state index contributed by atoms with van der Waals surface area (Å²) in [6, 6.07) is 5.86. The molecule has 132 valence electrons. The van der Waals surface area contributed by atoms with Gasteiger partial charge in [0.1, 0.15) is 5.52 Å². The molecule has 0 aliphatic carbocycles. The van der Waals surface area contributed by atoms with Crippen LogP contribution in [0.25, 0.3) is 11.0 Å². The highest BCUT2D eigenvalue weighted by atomic mass is 16.2. The molecule has 1 aromatic heterocycles. The van der Waals surface area contributed by atoms with Gasteiger partial charge < -0.3 is 20.5 Å². The molecule has 1 aromatic carbocycles. The van der Waals surface area contributed by atoms with E-state index in [1.165, 1.54) is 0 Å². The lowest BCUT2D eigenvalue weighted by atomic mass is 9.94. The van der Waals surface area contributed by atoms with Crippen LogP contribution in [0.2, 0.25) is 0 Å². The fourth-order valence-electron chi connectivity index (χ4n) is 3.96. The van der Waals surface area contributed by atoms with Crippen molar-refractivity contribution in [2.24, 2.45) is 11.1 Å². The molecule has 25 heavy (non-hydrogen) atoms. The van der Waals surface area contributed by atoms with Gasteiger partial charge in [-0.2, -0.15) is 0 Å². The van der Waals surface area contributed by atoms with Gasteiger partial charge in [-0.25, -0.2) is 4.98 Å². The van der Waals surface area contributed by atoms with E-state index < -0.39 is 5.91 Å². The number of para-hydroxylation sites is 1. The number of hydrogen-bond donors (Lipinski definition) is 2. The van der Waals surface area contributed by atoms with Crippen LogP contribution in [0.1, 0.15) is 37.6 Å². The fraction of sp³-hybridized carbons (Fsp3) is 0.500. The Kier molecular flexibility index (Phi) is 3.32. The van der Waals surface area contributed by atoms with E-state index in [9.17, 15) is 9.59 Å². The maximum Gasteiger partial charge on any atom is 0.250 e. The smallest absolute Gasteiger partial charge is 0.250 e. The van der Waals surface area contributed by atoms with Crippen molar-refractivity contribution in [1.29, 1.82) is 0 Å². The van der Waals surface area contributed by atoms with Crippen molar-refractivity contribution in [3.05, 3.63) is 23.8 Å². The Morgan fingerprint density at radius 2 is 2.00 bits per heavy atom. The van der Waals surface area contributed by atoms with Gasteiger partial charge in [0.25, 0.3) is 5.91 Å². The number of likely N-dealkylation sites (tertiary alicyclic amines) is 1. The normalized spacial score (nSPS) is 22.8. The summed E-state index contributed by atoms with van der Waals surface area (Å²) < 4.78 is 0. The number of fused-ring (bicyclic) bond motifs is 3. The first-order valence-electron chi connectivity index (χ1n) is 8.62. The maximum atomic E-state index is 12.6. The molecule has 2 bridgehead atoms. The van der Waals surface area contributed by atoms with Crippen LogP contribution in [-0.4, -0.2) is 51.9 Å². The third kappa shape index (κ3) is 2.45. The second kappa shape index (κ2) is 5.21. The Balaban J connectivity index is 1.60. The van der Waals surface area contributed by atoms with E-state index in [0.29, 0.717) is 11.1 Å². The molecule has 2 saturated heterocycles. The van der Waals surface area contributed by atoms with Gasteiger partial charge in [0.15, 0.2) is 0 Å². The Morgan fingerprint density at radius 3 is 2.60 bits per heavy atom. The van der Waals surface area contributed by atoms with E-state index in [1.807, 2.05) is 31.7 Å². The number of nitrogens with zero attached hydrogens (tertiary/aromatic N) is 3. The minimum absolute atomic E-state index is 0.209. The molecule has 3 heterocycles. The summed E-state index contributed by atoms with van der Waals surface area (Å²) in [6.45, 7) is 7.37. The molecule has 7 heteroatoms. The van der Waals surface area contributed by atoms with Crippen molar-refractivity contribution < 1.29 is 9.59 Å². The van der Waals surface area contributed by atoms with Crippen molar-refractivity contribution >= 4 is 28.8 Å². The highest BCUT2D eigenvalue weighted by Crippen LogP contribution is 2.36. The average Bonchev–Trinajstić information content (AvgIpc) is 3.24. The highest BCUT2D eigenvalue weighted by Gasteiger charge is 2.48. The van der Waals surface area contributed by atoms with Crippen LogP contribution < -0.4 is 10.6 Å². The number of hydrogen-bond acceptors (Lipinski definition) is 4. The van der Waals surface area contributed by atoms with E-state index in [-0.39, 0.29) is 23.4 Å². The lowest BCUT2D eigenvalue weighted by Crippen LogP contribution is -2.52. The van der Waals surface area contributed by atoms with Gasteiger partial charge in [0, 0.05) is 18.5 Å². The van der Waals surface area contributed by atoms with Gasteiger partial charge in [-0.15, -0.1) is 0 Å². The Bertz CT molecular complexity index is 866. The molecule has 2 amide bonds. The highest BCUT2D eigenvalue weighted by molar-refractivity contribution is 6.04. The van der Waals surface area contributed by atoms with E-state index in [0.717, 1.165) is 31.0 Å². The number of amides is 2. The number of nitrogens with one attached hydrogen (secondary N) is 1. The van der Waals surface area contributed by atoms with E-state index in [2.05, 4.69) is 14.9 Å². The zero-order valence-corrected chi connectivity index (χ0v) is 14.7. The van der Waals surface area contributed by atoms with Gasteiger partial charge in [-0.05, 0) is 18.6 Å². The summed E-state index contributed by atoms with van der Waals surface area (Å²) in [5.41, 5.74) is 6.92. The minimum Gasteiger partial charge on any atom is -0.366 e. The number of rotatable bonds is 2. The first-order valence-corrected chi connectivity index (χ1v) is 8.62.